The third kappa shape index (κ3) is 3.99. The van der Waals surface area contributed by atoms with Crippen LogP contribution in [0.3, 0.4) is 0 Å². The summed E-state index contributed by atoms with van der Waals surface area (Å²) in [6.07, 6.45) is -6.98. The number of hydrogen-bond acceptors (Lipinski definition) is 11. The lowest BCUT2D eigenvalue weighted by Gasteiger charge is -2.39. The monoisotopic (exact) mass is 476 g/mol. The molecule has 1 saturated heterocycles. The fraction of sp³-hybridized carbons (Fsp3) is 0.348. The van der Waals surface area contributed by atoms with E-state index < -0.39 is 41.9 Å². The minimum absolute atomic E-state index is 0.0678. The number of aromatic hydroxyl groups is 2. The largest absolute Gasteiger partial charge is 0.504 e. The van der Waals surface area contributed by atoms with Gasteiger partial charge in [0.05, 0.1) is 20.3 Å². The lowest BCUT2D eigenvalue weighted by atomic mass is 10.00. The van der Waals surface area contributed by atoms with E-state index in [1.54, 1.807) is 0 Å². The van der Waals surface area contributed by atoms with Gasteiger partial charge in [0.1, 0.15) is 35.0 Å². The zero-order valence-electron chi connectivity index (χ0n) is 18.5. The zero-order valence-corrected chi connectivity index (χ0v) is 18.5. The van der Waals surface area contributed by atoms with Crippen LogP contribution in [-0.2, 0) is 4.74 Å². The van der Waals surface area contributed by atoms with E-state index >= 15 is 0 Å². The average molecular weight is 476 g/mol. The summed E-state index contributed by atoms with van der Waals surface area (Å²) in [7, 11) is 2.62. The lowest BCUT2D eigenvalue weighted by Crippen LogP contribution is -2.58. The third-order valence-corrected chi connectivity index (χ3v) is 5.62. The summed E-state index contributed by atoms with van der Waals surface area (Å²) in [6.45, 7) is 1.47. The maximum atomic E-state index is 13.1. The van der Waals surface area contributed by atoms with Crippen LogP contribution in [0.4, 0.5) is 0 Å². The van der Waals surface area contributed by atoms with Gasteiger partial charge in [0.25, 0.3) is 0 Å². The Balaban J connectivity index is 1.85. The minimum Gasteiger partial charge on any atom is -0.504 e. The molecule has 2 aromatic carbocycles. The van der Waals surface area contributed by atoms with Crippen molar-refractivity contribution in [3.8, 4) is 40.1 Å². The molecule has 1 fully saturated rings. The molecule has 4 rings (SSSR count). The Bertz CT molecular complexity index is 1270. The molecule has 0 amide bonds. The van der Waals surface area contributed by atoms with Crippen molar-refractivity contribution in [3.63, 3.8) is 0 Å². The van der Waals surface area contributed by atoms with Crippen molar-refractivity contribution in [1.29, 1.82) is 0 Å². The highest BCUT2D eigenvalue weighted by molar-refractivity contribution is 5.90. The highest BCUT2D eigenvalue weighted by Gasteiger charge is 2.44. The number of ether oxygens (including phenoxy) is 4. The fourth-order valence-corrected chi connectivity index (χ4v) is 3.77. The molecule has 0 spiro atoms. The second kappa shape index (κ2) is 9.03. The van der Waals surface area contributed by atoms with Crippen molar-refractivity contribution in [2.45, 2.75) is 37.6 Å². The normalized spacial score (nSPS) is 24.7. The topological polar surface area (TPSA) is 168 Å². The van der Waals surface area contributed by atoms with Gasteiger partial charge in [0.2, 0.25) is 12.0 Å². The second-order valence-corrected chi connectivity index (χ2v) is 7.79. The van der Waals surface area contributed by atoms with Gasteiger partial charge in [-0.1, -0.05) is 0 Å². The number of rotatable bonds is 5. The molecule has 5 N–H and O–H groups in total. The van der Waals surface area contributed by atoms with Crippen molar-refractivity contribution in [1.82, 2.24) is 0 Å². The number of methoxy groups -OCH3 is 2. The van der Waals surface area contributed by atoms with E-state index in [1.165, 1.54) is 51.5 Å². The van der Waals surface area contributed by atoms with E-state index in [9.17, 15) is 30.3 Å². The number of benzene rings is 2. The number of hydrogen-bond donors (Lipinski definition) is 5. The van der Waals surface area contributed by atoms with Crippen molar-refractivity contribution in [3.05, 3.63) is 40.6 Å². The molecule has 34 heavy (non-hydrogen) atoms. The first-order valence-electron chi connectivity index (χ1n) is 10.3. The van der Waals surface area contributed by atoms with Gasteiger partial charge in [0.15, 0.2) is 28.4 Å². The first-order chi connectivity index (χ1) is 16.2. The average Bonchev–Trinajstić information content (AvgIpc) is 2.81. The molecule has 0 unspecified atom stereocenters. The van der Waals surface area contributed by atoms with Crippen molar-refractivity contribution in [2.75, 3.05) is 14.2 Å². The van der Waals surface area contributed by atoms with E-state index in [0.717, 1.165) is 0 Å². The Morgan fingerprint density at radius 2 is 1.62 bits per heavy atom. The van der Waals surface area contributed by atoms with Crippen LogP contribution in [-0.4, -0.2) is 70.5 Å². The Morgan fingerprint density at radius 3 is 2.29 bits per heavy atom. The number of fused-ring (bicyclic) bond motifs is 1. The molecule has 3 aromatic rings. The molecule has 5 atom stereocenters. The van der Waals surface area contributed by atoms with E-state index in [0.29, 0.717) is 5.56 Å². The van der Waals surface area contributed by atoms with Gasteiger partial charge in [-0.2, -0.15) is 0 Å². The first kappa shape index (κ1) is 23.6. The van der Waals surface area contributed by atoms with Crippen LogP contribution in [0.1, 0.15) is 6.92 Å². The standard InChI is InChI=1S/C23H24O11/c1-9-18(27)19(28)20(29)23(32-9)34-22-17-12(25)7-14(10-4-5-11(24)15(6-10)30-2)33-16(17)8-13(26)21(22)31-3/h4-9,18-20,23-24,26-29H,1-3H3/t9-,18-,19+,20-,23-/m0/s1. The predicted molar refractivity (Wildman–Crippen MR) is 117 cm³/mol. The maximum absolute atomic E-state index is 13.1. The number of aliphatic hydroxyl groups is 3. The predicted octanol–water partition coefficient (Wildman–Crippen LogP) is 1.09. The molecule has 2 heterocycles. The smallest absolute Gasteiger partial charge is 0.229 e. The van der Waals surface area contributed by atoms with Gasteiger partial charge < -0.3 is 48.9 Å². The fourth-order valence-electron chi connectivity index (χ4n) is 3.77. The molecule has 0 radical (unpaired) electrons. The van der Waals surface area contributed by atoms with E-state index in [-0.39, 0.29) is 39.7 Å². The summed E-state index contributed by atoms with van der Waals surface area (Å²) in [5, 5.41) is 50.5. The lowest BCUT2D eigenvalue weighted by molar-refractivity contribution is -0.268. The van der Waals surface area contributed by atoms with Gasteiger partial charge in [0, 0.05) is 17.7 Å². The van der Waals surface area contributed by atoms with Gasteiger partial charge in [-0.3, -0.25) is 4.79 Å². The van der Waals surface area contributed by atoms with Gasteiger partial charge in [-0.05, 0) is 25.1 Å². The summed E-state index contributed by atoms with van der Waals surface area (Å²) in [4.78, 5) is 13.1. The highest BCUT2D eigenvalue weighted by atomic mass is 16.7. The Labute approximate surface area is 192 Å². The minimum atomic E-state index is -1.66. The summed E-state index contributed by atoms with van der Waals surface area (Å²) in [5.41, 5.74) is -0.222. The van der Waals surface area contributed by atoms with E-state index in [2.05, 4.69) is 0 Å². The summed E-state index contributed by atoms with van der Waals surface area (Å²) >= 11 is 0. The van der Waals surface area contributed by atoms with Crippen LogP contribution >= 0.6 is 0 Å². The Morgan fingerprint density at radius 1 is 0.882 bits per heavy atom. The maximum Gasteiger partial charge on any atom is 0.229 e. The van der Waals surface area contributed by atoms with Gasteiger partial charge in [-0.25, -0.2) is 0 Å². The van der Waals surface area contributed by atoms with Gasteiger partial charge >= 0.3 is 0 Å². The van der Waals surface area contributed by atoms with Crippen molar-refractivity contribution in [2.24, 2.45) is 0 Å². The molecule has 0 saturated carbocycles. The molecule has 1 aromatic heterocycles. The molecule has 11 nitrogen and oxygen atoms in total. The summed E-state index contributed by atoms with van der Waals surface area (Å²) < 4.78 is 27.3. The second-order valence-electron chi connectivity index (χ2n) is 7.79. The van der Waals surface area contributed by atoms with E-state index in [1.807, 2.05) is 0 Å². The van der Waals surface area contributed by atoms with Crippen LogP contribution in [0.5, 0.6) is 28.7 Å². The molecule has 11 heteroatoms. The first-order valence-corrected chi connectivity index (χ1v) is 10.3. The number of phenols is 2. The molecular weight excluding hydrogens is 452 g/mol. The highest BCUT2D eigenvalue weighted by Crippen LogP contribution is 2.44. The molecule has 0 bridgehead atoms. The molecule has 1 aliphatic heterocycles. The quantitative estimate of drug-likeness (QED) is 0.357. The van der Waals surface area contributed by atoms with Crippen LogP contribution < -0.4 is 19.6 Å². The zero-order chi connectivity index (χ0) is 24.7. The van der Waals surface area contributed by atoms with Gasteiger partial charge in [-0.15, -0.1) is 0 Å². The van der Waals surface area contributed by atoms with Crippen molar-refractivity contribution < 1.29 is 48.9 Å². The number of aliphatic hydroxyl groups excluding tert-OH is 3. The molecule has 1 aliphatic rings. The SMILES string of the molecule is COc1cc(-c2cc(=O)c3c(O[C@@H]4O[C@@H](C)[C@H](O)[C@@H](O)[C@@H]4O)c(OC)c(O)cc3o2)ccc1O. The van der Waals surface area contributed by atoms with Crippen LogP contribution in [0.25, 0.3) is 22.3 Å². The van der Waals surface area contributed by atoms with Crippen molar-refractivity contribution >= 4 is 11.0 Å². The molecule has 182 valence electrons. The number of phenolic OH excluding ortho intramolecular Hbond substituents is 2. The van der Waals surface area contributed by atoms with Crippen LogP contribution in [0, 0.1) is 0 Å². The Kier molecular flexibility index (Phi) is 6.28. The van der Waals surface area contributed by atoms with Crippen LogP contribution in [0.15, 0.2) is 39.5 Å². The van der Waals surface area contributed by atoms with Crippen LogP contribution in [0.2, 0.25) is 0 Å². The summed E-state index contributed by atoms with van der Waals surface area (Å²) in [6, 6.07) is 6.71. The van der Waals surface area contributed by atoms with E-state index in [4.69, 9.17) is 23.4 Å². The molecular formula is C23H24O11. The third-order valence-electron chi connectivity index (χ3n) is 5.62. The summed E-state index contributed by atoms with van der Waals surface area (Å²) in [5.74, 6) is -0.732. The Hall–Kier alpha value is -3.51. The molecule has 0 aliphatic carbocycles.